The summed E-state index contributed by atoms with van der Waals surface area (Å²) < 4.78 is 20.6. The molecular formula is C24H22NO9P. The Hall–Kier alpha value is -3.69. The Morgan fingerprint density at radius 3 is 2.03 bits per heavy atom. The molecule has 1 aliphatic carbocycles. The molecule has 0 radical (unpaired) electrons. The fourth-order valence-corrected chi connectivity index (χ4v) is 4.37. The van der Waals surface area contributed by atoms with Gasteiger partial charge < -0.3 is 19.2 Å². The lowest BCUT2D eigenvalue weighted by atomic mass is 9.98. The second-order valence-corrected chi connectivity index (χ2v) is 8.99. The van der Waals surface area contributed by atoms with Gasteiger partial charge in [0.05, 0.1) is 0 Å². The molecule has 3 aromatic rings. The highest BCUT2D eigenvalue weighted by Gasteiger charge is 2.29. The molecule has 0 heterocycles. The Kier molecular flexibility index (Phi) is 7.18. The summed E-state index contributed by atoms with van der Waals surface area (Å²) in [4.78, 5) is 46.3. The van der Waals surface area contributed by atoms with Gasteiger partial charge in [0.2, 0.25) is 0 Å². The van der Waals surface area contributed by atoms with Crippen LogP contribution in [0.3, 0.4) is 0 Å². The first kappa shape index (κ1) is 24.4. The minimum absolute atomic E-state index is 0.0211. The van der Waals surface area contributed by atoms with E-state index in [0.29, 0.717) is 5.56 Å². The highest BCUT2D eigenvalue weighted by atomic mass is 31.2. The number of hydrogen-bond donors (Lipinski definition) is 4. The summed E-state index contributed by atoms with van der Waals surface area (Å²) in [6, 6.07) is 19.9. The lowest BCUT2D eigenvalue weighted by molar-refractivity contribution is -0.142. The van der Waals surface area contributed by atoms with Gasteiger partial charge in [-0.25, -0.2) is 9.36 Å². The second-order valence-electron chi connectivity index (χ2n) is 7.83. The number of phosphoric acid groups is 1. The highest BCUT2D eigenvalue weighted by Crippen LogP contribution is 2.44. The fraction of sp³-hybridized carbons (Fsp3) is 0.167. The summed E-state index contributed by atoms with van der Waals surface area (Å²) in [7, 11) is -4.70. The van der Waals surface area contributed by atoms with E-state index in [1.165, 1.54) is 24.3 Å². The van der Waals surface area contributed by atoms with Crippen LogP contribution in [0.25, 0.3) is 11.1 Å². The van der Waals surface area contributed by atoms with Crippen molar-refractivity contribution in [3.63, 3.8) is 0 Å². The van der Waals surface area contributed by atoms with Crippen molar-refractivity contribution in [1.82, 2.24) is 5.48 Å². The third-order valence-corrected chi connectivity index (χ3v) is 5.95. The van der Waals surface area contributed by atoms with Gasteiger partial charge in [0.1, 0.15) is 18.4 Å². The molecule has 11 heteroatoms. The molecular weight excluding hydrogens is 477 g/mol. The number of benzene rings is 3. The molecule has 0 saturated carbocycles. The quantitative estimate of drug-likeness (QED) is 0.195. The number of nitrogens with one attached hydrogen (secondary N) is 1. The molecule has 0 amide bonds. The van der Waals surface area contributed by atoms with Crippen molar-refractivity contribution in [3.8, 4) is 16.9 Å². The summed E-state index contributed by atoms with van der Waals surface area (Å²) in [5.41, 5.74) is 6.92. The van der Waals surface area contributed by atoms with E-state index < -0.39 is 26.0 Å². The van der Waals surface area contributed by atoms with Crippen molar-refractivity contribution >= 4 is 19.9 Å². The minimum atomic E-state index is -4.70. The van der Waals surface area contributed by atoms with Crippen LogP contribution >= 0.6 is 7.82 Å². The van der Waals surface area contributed by atoms with Crippen LogP contribution in [0.15, 0.2) is 72.8 Å². The number of phosphoric ester groups is 1. The van der Waals surface area contributed by atoms with Crippen molar-refractivity contribution in [3.05, 3.63) is 89.5 Å². The normalized spacial score (nSPS) is 13.4. The van der Waals surface area contributed by atoms with Crippen LogP contribution < -0.4 is 10.0 Å². The van der Waals surface area contributed by atoms with Crippen LogP contribution in [0.1, 0.15) is 22.6 Å². The number of carboxylic acid groups (broad SMARTS) is 1. The molecule has 0 bridgehead atoms. The van der Waals surface area contributed by atoms with Gasteiger partial charge in [0.15, 0.2) is 0 Å². The third kappa shape index (κ3) is 6.06. The second kappa shape index (κ2) is 10.3. The molecule has 0 aliphatic heterocycles. The molecule has 0 spiro atoms. The lowest BCUT2D eigenvalue weighted by Crippen LogP contribution is -2.40. The number of hydrogen-bond acceptors (Lipinski definition) is 7. The molecule has 1 atom stereocenters. The van der Waals surface area contributed by atoms with Crippen molar-refractivity contribution in [2.24, 2.45) is 0 Å². The van der Waals surface area contributed by atoms with E-state index in [1.807, 2.05) is 48.5 Å². The van der Waals surface area contributed by atoms with Gasteiger partial charge in [-0.2, -0.15) is 0 Å². The zero-order chi connectivity index (χ0) is 25.0. The Morgan fingerprint density at radius 1 is 0.914 bits per heavy atom. The van der Waals surface area contributed by atoms with E-state index in [4.69, 9.17) is 19.4 Å². The summed E-state index contributed by atoms with van der Waals surface area (Å²) >= 11 is 0. The Balaban J connectivity index is 1.33. The van der Waals surface area contributed by atoms with Crippen LogP contribution in [0.2, 0.25) is 0 Å². The number of carboxylic acids is 1. The standard InChI is InChI=1S/C24H22NO9P/c26-23(27)22(13-15-9-11-16(12-10-15)34-35(29,30)31)25-33-24(28)32-14-21-19-7-3-1-5-17(19)18-6-2-4-8-20(18)21/h1-12,21-22,25H,13-14H2,(H,26,27)(H2,29,30,31)/t22-/m1/s1. The van der Waals surface area contributed by atoms with Gasteiger partial charge in [-0.1, -0.05) is 60.7 Å². The van der Waals surface area contributed by atoms with E-state index in [0.717, 1.165) is 22.3 Å². The fourth-order valence-electron chi connectivity index (χ4n) is 3.98. The molecule has 0 saturated heterocycles. The molecule has 1 aliphatic rings. The summed E-state index contributed by atoms with van der Waals surface area (Å²) in [5.74, 6) is -1.51. The van der Waals surface area contributed by atoms with E-state index in [1.54, 1.807) is 0 Å². The maximum atomic E-state index is 12.2. The maximum Gasteiger partial charge on any atom is 0.527 e. The van der Waals surface area contributed by atoms with Crippen molar-refractivity contribution < 1.29 is 43.1 Å². The van der Waals surface area contributed by atoms with Crippen LogP contribution in [0, 0.1) is 0 Å². The number of ether oxygens (including phenoxy) is 1. The van der Waals surface area contributed by atoms with Crippen LogP contribution in [-0.4, -0.2) is 39.7 Å². The largest absolute Gasteiger partial charge is 0.527 e. The van der Waals surface area contributed by atoms with E-state index in [9.17, 15) is 19.3 Å². The molecule has 35 heavy (non-hydrogen) atoms. The molecule has 4 N–H and O–H groups in total. The number of aliphatic carboxylic acids is 1. The molecule has 4 rings (SSSR count). The first-order valence-electron chi connectivity index (χ1n) is 10.6. The van der Waals surface area contributed by atoms with Gasteiger partial charge in [0, 0.05) is 12.3 Å². The van der Waals surface area contributed by atoms with Crippen molar-refractivity contribution in [1.29, 1.82) is 0 Å². The number of carbonyl (C=O) groups is 2. The molecule has 0 fully saturated rings. The molecule has 182 valence electrons. The van der Waals surface area contributed by atoms with Crippen LogP contribution in [0.5, 0.6) is 5.75 Å². The maximum absolute atomic E-state index is 12.2. The number of hydroxylamine groups is 1. The number of fused-ring (bicyclic) bond motifs is 3. The average molecular weight is 499 g/mol. The summed E-state index contributed by atoms with van der Waals surface area (Å²) in [5, 5.41) is 9.45. The zero-order valence-electron chi connectivity index (χ0n) is 18.2. The minimum Gasteiger partial charge on any atom is -0.480 e. The zero-order valence-corrected chi connectivity index (χ0v) is 19.1. The number of carbonyl (C=O) groups excluding carboxylic acids is 1. The average Bonchev–Trinajstić information content (AvgIpc) is 3.14. The Morgan fingerprint density at radius 2 is 1.49 bits per heavy atom. The monoisotopic (exact) mass is 499 g/mol. The van der Waals surface area contributed by atoms with Gasteiger partial charge >= 0.3 is 19.9 Å². The van der Waals surface area contributed by atoms with Crippen LogP contribution in [-0.2, 0) is 25.4 Å². The van der Waals surface area contributed by atoms with E-state index >= 15 is 0 Å². The first-order chi connectivity index (χ1) is 16.7. The first-order valence-corrected chi connectivity index (χ1v) is 12.1. The third-order valence-electron chi connectivity index (χ3n) is 5.50. The molecule has 0 aromatic heterocycles. The summed E-state index contributed by atoms with van der Waals surface area (Å²) in [6.07, 6.45) is -1.15. The van der Waals surface area contributed by atoms with Crippen molar-refractivity contribution in [2.45, 2.75) is 18.4 Å². The van der Waals surface area contributed by atoms with Gasteiger partial charge in [-0.3, -0.25) is 14.6 Å². The van der Waals surface area contributed by atoms with Crippen LogP contribution in [0.4, 0.5) is 4.79 Å². The van der Waals surface area contributed by atoms with E-state index in [-0.39, 0.29) is 24.7 Å². The van der Waals surface area contributed by atoms with Crippen molar-refractivity contribution in [2.75, 3.05) is 6.61 Å². The van der Waals surface area contributed by atoms with Gasteiger partial charge in [-0.05, 0) is 39.9 Å². The van der Waals surface area contributed by atoms with Gasteiger partial charge in [0.25, 0.3) is 0 Å². The number of rotatable bonds is 9. The SMILES string of the molecule is O=C(OCC1c2ccccc2-c2ccccc21)ON[C@H](Cc1ccc(OP(=O)(O)O)cc1)C(=O)O. The molecule has 3 aromatic carbocycles. The highest BCUT2D eigenvalue weighted by molar-refractivity contribution is 7.46. The predicted molar refractivity (Wildman–Crippen MR) is 124 cm³/mol. The van der Waals surface area contributed by atoms with Gasteiger partial charge in [-0.15, -0.1) is 5.48 Å². The van der Waals surface area contributed by atoms with E-state index in [2.05, 4.69) is 10.0 Å². The smallest absolute Gasteiger partial charge is 0.480 e. The Labute approximate surface area is 200 Å². The molecule has 0 unspecified atom stereocenters. The summed E-state index contributed by atoms with van der Waals surface area (Å²) in [6.45, 7) is 0.0211. The predicted octanol–water partition coefficient (Wildman–Crippen LogP) is 3.62. The molecule has 10 nitrogen and oxygen atoms in total. The topological polar surface area (TPSA) is 152 Å². The lowest BCUT2D eigenvalue weighted by Gasteiger charge is -2.16. The Bertz CT molecular complexity index is 1230.